The summed E-state index contributed by atoms with van der Waals surface area (Å²) in [5.74, 6) is -0.0882. The number of rotatable bonds is 5. The molecule has 3 heterocycles. The highest BCUT2D eigenvalue weighted by Gasteiger charge is 2.29. The van der Waals surface area contributed by atoms with E-state index >= 15 is 0 Å². The van der Waals surface area contributed by atoms with Crippen molar-refractivity contribution in [2.45, 2.75) is 19.0 Å². The van der Waals surface area contributed by atoms with Crippen LogP contribution in [0.15, 0.2) is 72.5 Å². The number of piperazine rings is 1. The molecule has 7 heteroatoms. The fourth-order valence-corrected chi connectivity index (χ4v) is 5.16. The van der Waals surface area contributed by atoms with E-state index in [0.29, 0.717) is 19.1 Å². The summed E-state index contributed by atoms with van der Waals surface area (Å²) in [4.78, 5) is 22.2. The van der Waals surface area contributed by atoms with Crippen molar-refractivity contribution in [1.29, 1.82) is 0 Å². The van der Waals surface area contributed by atoms with Crippen LogP contribution in [0, 0.1) is 5.82 Å². The number of amides is 1. The van der Waals surface area contributed by atoms with Gasteiger partial charge in [-0.25, -0.2) is 4.39 Å². The Morgan fingerprint density at radius 3 is 2.44 bits per heavy atom. The van der Waals surface area contributed by atoms with Crippen LogP contribution in [0.1, 0.15) is 12.0 Å². The van der Waals surface area contributed by atoms with Gasteiger partial charge < -0.3 is 14.7 Å². The molecule has 0 aliphatic carbocycles. The number of hydrogen-bond acceptors (Lipinski definition) is 4. The highest BCUT2D eigenvalue weighted by molar-refractivity contribution is 6.30. The first kappa shape index (κ1) is 22.9. The van der Waals surface area contributed by atoms with E-state index in [9.17, 15) is 9.18 Å². The maximum atomic E-state index is 13.2. The fourth-order valence-electron chi connectivity index (χ4n) is 5.03. The number of likely N-dealkylation sites (tertiary alicyclic amines) is 1. The van der Waals surface area contributed by atoms with Crippen LogP contribution in [0.25, 0.3) is 0 Å². The minimum atomic E-state index is -0.197. The summed E-state index contributed by atoms with van der Waals surface area (Å²) in [5, 5.41) is 0.735. The molecule has 3 aliphatic heterocycles. The second-order valence-corrected chi connectivity index (χ2v) is 9.68. The molecule has 0 N–H and O–H groups in total. The van der Waals surface area contributed by atoms with Crippen molar-refractivity contribution in [3.8, 4) is 0 Å². The van der Waals surface area contributed by atoms with Crippen molar-refractivity contribution in [3.63, 3.8) is 0 Å². The normalized spacial score (nSPS) is 21.2. The smallest absolute Gasteiger partial charge is 0.255 e. The molecule has 2 saturated heterocycles. The highest BCUT2D eigenvalue weighted by Crippen LogP contribution is 2.23. The molecule has 2 aromatic carbocycles. The van der Waals surface area contributed by atoms with Gasteiger partial charge in [-0.2, -0.15) is 0 Å². The molecule has 0 radical (unpaired) electrons. The third kappa shape index (κ3) is 5.29. The van der Waals surface area contributed by atoms with Crippen LogP contribution in [0.5, 0.6) is 0 Å². The minimum Gasteiger partial charge on any atom is -0.369 e. The number of carbonyl (C=O) groups is 1. The molecule has 5 rings (SSSR count). The van der Waals surface area contributed by atoms with Gasteiger partial charge in [0.05, 0.1) is 5.57 Å². The van der Waals surface area contributed by atoms with Crippen molar-refractivity contribution >= 4 is 23.2 Å². The van der Waals surface area contributed by atoms with Crippen molar-refractivity contribution < 1.29 is 9.18 Å². The maximum Gasteiger partial charge on any atom is 0.255 e. The molecule has 0 spiro atoms. The van der Waals surface area contributed by atoms with E-state index in [-0.39, 0.29) is 11.7 Å². The molecule has 2 aromatic rings. The summed E-state index contributed by atoms with van der Waals surface area (Å²) in [6.07, 6.45) is 7.18. The Bertz CT molecular complexity index is 1060. The molecule has 34 heavy (non-hydrogen) atoms. The first-order valence-electron chi connectivity index (χ1n) is 12.0. The molecule has 2 fully saturated rings. The number of nitrogens with zero attached hydrogens (tertiary/aromatic N) is 4. The molecule has 3 aliphatic rings. The van der Waals surface area contributed by atoms with E-state index in [1.165, 1.54) is 12.1 Å². The van der Waals surface area contributed by atoms with Gasteiger partial charge in [-0.05, 0) is 48.4 Å². The zero-order chi connectivity index (χ0) is 23.5. The lowest BCUT2D eigenvalue weighted by Gasteiger charge is -2.37. The molecule has 0 unspecified atom stereocenters. The fraction of sp³-hybridized carbons (Fsp3) is 0.370. The molecular formula is C27H30ClFN4O. The zero-order valence-electron chi connectivity index (χ0n) is 19.2. The Labute approximate surface area is 205 Å². The van der Waals surface area contributed by atoms with Gasteiger partial charge in [0, 0.05) is 75.3 Å². The van der Waals surface area contributed by atoms with E-state index in [4.69, 9.17) is 11.6 Å². The minimum absolute atomic E-state index is 0.109. The maximum absolute atomic E-state index is 13.2. The van der Waals surface area contributed by atoms with Crippen molar-refractivity contribution in [3.05, 3.63) is 88.9 Å². The van der Waals surface area contributed by atoms with Gasteiger partial charge in [0.15, 0.2) is 0 Å². The van der Waals surface area contributed by atoms with Gasteiger partial charge in [-0.1, -0.05) is 35.9 Å². The molecule has 0 saturated carbocycles. The number of benzene rings is 2. The van der Waals surface area contributed by atoms with Crippen LogP contribution in [-0.4, -0.2) is 72.5 Å². The van der Waals surface area contributed by atoms with Gasteiger partial charge in [-0.15, -0.1) is 0 Å². The van der Waals surface area contributed by atoms with Crippen LogP contribution < -0.4 is 4.90 Å². The number of hydrogen-bond donors (Lipinski definition) is 0. The lowest BCUT2D eigenvalue weighted by Crippen LogP contribution is -2.49. The van der Waals surface area contributed by atoms with Crippen molar-refractivity contribution in [2.24, 2.45) is 0 Å². The lowest BCUT2D eigenvalue weighted by atomic mass is 10.1. The van der Waals surface area contributed by atoms with Gasteiger partial charge in [0.25, 0.3) is 5.91 Å². The summed E-state index contributed by atoms with van der Waals surface area (Å²) >= 11 is 6.01. The molecule has 0 aromatic heterocycles. The summed E-state index contributed by atoms with van der Waals surface area (Å²) in [5.41, 5.74) is 3.04. The van der Waals surface area contributed by atoms with Gasteiger partial charge in [0.2, 0.25) is 0 Å². The van der Waals surface area contributed by atoms with E-state index in [1.54, 1.807) is 0 Å². The lowest BCUT2D eigenvalue weighted by molar-refractivity contribution is -0.127. The third-order valence-electron chi connectivity index (χ3n) is 6.96. The first-order chi connectivity index (χ1) is 16.5. The monoisotopic (exact) mass is 480 g/mol. The number of halogens is 2. The third-order valence-corrected chi connectivity index (χ3v) is 7.21. The number of anilines is 1. The molecule has 0 bridgehead atoms. The van der Waals surface area contributed by atoms with Crippen LogP contribution in [0.3, 0.4) is 0 Å². The quantitative estimate of drug-likeness (QED) is 0.643. The second kappa shape index (κ2) is 10.2. The predicted molar refractivity (Wildman–Crippen MR) is 134 cm³/mol. The summed E-state index contributed by atoms with van der Waals surface area (Å²) < 4.78 is 13.2. The van der Waals surface area contributed by atoms with Crippen molar-refractivity contribution in [1.82, 2.24) is 14.7 Å². The van der Waals surface area contributed by atoms with Crippen LogP contribution >= 0.6 is 11.6 Å². The Morgan fingerprint density at radius 2 is 1.71 bits per heavy atom. The average Bonchev–Trinajstić information content (AvgIpc) is 3.34. The number of carbonyl (C=O) groups excluding carboxylic acids is 1. The van der Waals surface area contributed by atoms with Crippen LogP contribution in [0.2, 0.25) is 5.02 Å². The molecule has 178 valence electrons. The zero-order valence-corrected chi connectivity index (χ0v) is 20.0. The molecular weight excluding hydrogens is 451 g/mol. The Kier molecular flexibility index (Phi) is 6.88. The summed E-state index contributed by atoms with van der Waals surface area (Å²) in [6.45, 7) is 6.66. The van der Waals surface area contributed by atoms with E-state index < -0.39 is 0 Å². The molecule has 5 nitrogen and oxygen atoms in total. The topological polar surface area (TPSA) is 30.0 Å². The average molecular weight is 481 g/mol. The molecule has 1 atom stereocenters. The van der Waals surface area contributed by atoms with Crippen LogP contribution in [-0.2, 0) is 11.3 Å². The summed E-state index contributed by atoms with van der Waals surface area (Å²) in [6, 6.07) is 15.0. The first-order valence-corrected chi connectivity index (χ1v) is 12.3. The Hall–Kier alpha value is -2.83. The van der Waals surface area contributed by atoms with Gasteiger partial charge in [0.1, 0.15) is 5.82 Å². The molecule has 1 amide bonds. The van der Waals surface area contributed by atoms with Gasteiger partial charge in [-0.3, -0.25) is 9.69 Å². The van der Waals surface area contributed by atoms with Gasteiger partial charge >= 0.3 is 0 Å². The second-order valence-electron chi connectivity index (χ2n) is 9.24. The highest BCUT2D eigenvalue weighted by atomic mass is 35.5. The van der Waals surface area contributed by atoms with E-state index in [1.807, 2.05) is 47.4 Å². The summed E-state index contributed by atoms with van der Waals surface area (Å²) in [7, 11) is 0. The predicted octanol–water partition coefficient (Wildman–Crippen LogP) is 4.16. The van der Waals surface area contributed by atoms with E-state index in [2.05, 4.69) is 27.0 Å². The standard InChI is InChI=1S/C27H30ClFN4O/c28-23-5-9-25(10-6-23)31-14-16-32(17-15-31)27(34)22-2-1-12-33(19-22)26-11-13-30(20-26)18-21-3-7-24(29)8-4-21/h1-10,19,26H,11-18,20H2/t26-/m0/s1. The Balaban J connectivity index is 1.15. The SMILES string of the molecule is O=C(C1=CN([C@H]2CCN(Cc3ccc(F)cc3)C2)CC=C1)N1CCN(c2ccc(Cl)cc2)CC1. The van der Waals surface area contributed by atoms with E-state index in [0.717, 1.165) is 67.5 Å². The van der Waals surface area contributed by atoms with Crippen LogP contribution in [0.4, 0.5) is 10.1 Å². The largest absolute Gasteiger partial charge is 0.369 e. The van der Waals surface area contributed by atoms with Crippen molar-refractivity contribution in [2.75, 3.05) is 50.7 Å². The Morgan fingerprint density at radius 1 is 0.971 bits per heavy atom.